The topological polar surface area (TPSA) is 95.1 Å². The summed E-state index contributed by atoms with van der Waals surface area (Å²) < 4.78 is 6.69. The van der Waals surface area contributed by atoms with Crippen LogP contribution < -0.4 is 11.1 Å². The molecule has 0 amide bonds. The van der Waals surface area contributed by atoms with Gasteiger partial charge in [0.25, 0.3) is 0 Å². The van der Waals surface area contributed by atoms with Gasteiger partial charge in [0.05, 0.1) is 30.7 Å². The highest BCUT2D eigenvalue weighted by Gasteiger charge is 2.14. The zero-order chi connectivity index (χ0) is 14.5. The van der Waals surface area contributed by atoms with Crippen molar-refractivity contribution in [3.05, 3.63) is 35.8 Å². The van der Waals surface area contributed by atoms with Crippen molar-refractivity contribution >= 4 is 17.5 Å². The summed E-state index contributed by atoms with van der Waals surface area (Å²) in [6.45, 7) is 2.51. The molecule has 0 radical (unpaired) electrons. The molecule has 0 aliphatic rings. The summed E-state index contributed by atoms with van der Waals surface area (Å²) in [7, 11) is 1.84. The summed E-state index contributed by atoms with van der Waals surface area (Å²) in [5.41, 5.74) is 7.24. The number of nitrogens with zero attached hydrogens (tertiary/aromatic N) is 3. The Labute approximate surface area is 116 Å². The Kier molecular flexibility index (Phi) is 4.19. The van der Waals surface area contributed by atoms with Gasteiger partial charge in [-0.25, -0.2) is 9.78 Å². The molecule has 0 spiro atoms. The van der Waals surface area contributed by atoms with Crippen molar-refractivity contribution in [3.63, 3.8) is 0 Å². The quantitative estimate of drug-likeness (QED) is 0.796. The van der Waals surface area contributed by atoms with Crippen molar-refractivity contribution in [1.82, 2.24) is 14.8 Å². The smallest absolute Gasteiger partial charge is 0.341 e. The molecular formula is C13H17N5O2. The zero-order valence-electron chi connectivity index (χ0n) is 11.5. The highest BCUT2D eigenvalue weighted by atomic mass is 16.5. The number of nitrogen functional groups attached to an aromatic ring is 1. The van der Waals surface area contributed by atoms with Gasteiger partial charge in [0.1, 0.15) is 11.4 Å². The van der Waals surface area contributed by atoms with E-state index in [1.807, 2.05) is 19.3 Å². The third-order valence-corrected chi connectivity index (χ3v) is 2.61. The molecule has 106 valence electrons. The van der Waals surface area contributed by atoms with Crippen molar-refractivity contribution in [2.24, 2.45) is 7.05 Å². The molecule has 2 rings (SSSR count). The van der Waals surface area contributed by atoms with Gasteiger partial charge in [0.15, 0.2) is 0 Å². The molecule has 0 fully saturated rings. The van der Waals surface area contributed by atoms with Crippen LogP contribution in [0, 0.1) is 0 Å². The van der Waals surface area contributed by atoms with Gasteiger partial charge in [-0.05, 0) is 19.1 Å². The second-order valence-corrected chi connectivity index (χ2v) is 4.22. The molecule has 0 aliphatic heterocycles. The number of aromatic nitrogens is 3. The van der Waals surface area contributed by atoms with E-state index in [2.05, 4.69) is 15.4 Å². The van der Waals surface area contributed by atoms with Crippen molar-refractivity contribution in [2.45, 2.75) is 13.5 Å². The summed E-state index contributed by atoms with van der Waals surface area (Å²) in [4.78, 5) is 16.0. The number of aryl methyl sites for hydroxylation is 1. The van der Waals surface area contributed by atoms with Crippen LogP contribution in [0.4, 0.5) is 11.5 Å². The largest absolute Gasteiger partial charge is 0.462 e. The monoisotopic (exact) mass is 275 g/mol. The average molecular weight is 275 g/mol. The predicted molar refractivity (Wildman–Crippen MR) is 75.1 cm³/mol. The molecule has 7 heteroatoms. The fourth-order valence-corrected chi connectivity index (χ4v) is 1.72. The number of ether oxygens (including phenoxy) is 1. The molecule has 3 N–H and O–H groups in total. The van der Waals surface area contributed by atoms with E-state index in [1.54, 1.807) is 17.7 Å². The van der Waals surface area contributed by atoms with Crippen LogP contribution >= 0.6 is 0 Å². The number of anilines is 2. The number of nitrogens with two attached hydrogens (primary N) is 1. The summed E-state index contributed by atoms with van der Waals surface area (Å²) in [6, 6.07) is 3.43. The third kappa shape index (κ3) is 3.25. The van der Waals surface area contributed by atoms with Gasteiger partial charge >= 0.3 is 5.97 Å². The number of nitrogens with one attached hydrogen (secondary N) is 1. The van der Waals surface area contributed by atoms with E-state index in [4.69, 9.17) is 10.5 Å². The predicted octanol–water partition coefficient (Wildman–Crippen LogP) is 1.19. The summed E-state index contributed by atoms with van der Waals surface area (Å²) in [6.07, 6.45) is 3.34. The molecule has 2 heterocycles. The van der Waals surface area contributed by atoms with Crippen molar-refractivity contribution in [1.29, 1.82) is 0 Å². The van der Waals surface area contributed by atoms with E-state index in [0.717, 1.165) is 5.69 Å². The lowest BCUT2D eigenvalue weighted by molar-refractivity contribution is 0.0527. The van der Waals surface area contributed by atoms with E-state index in [0.29, 0.717) is 30.2 Å². The summed E-state index contributed by atoms with van der Waals surface area (Å²) in [5, 5.41) is 7.31. The highest BCUT2D eigenvalue weighted by Crippen LogP contribution is 2.17. The number of esters is 1. The molecule has 2 aromatic rings. The molecule has 0 bridgehead atoms. The Morgan fingerprint density at radius 1 is 1.55 bits per heavy atom. The van der Waals surface area contributed by atoms with Crippen LogP contribution in [0.2, 0.25) is 0 Å². The van der Waals surface area contributed by atoms with Crippen molar-refractivity contribution in [3.8, 4) is 0 Å². The zero-order valence-corrected chi connectivity index (χ0v) is 11.5. The maximum atomic E-state index is 11.9. The van der Waals surface area contributed by atoms with Gasteiger partial charge < -0.3 is 15.8 Å². The fraction of sp³-hybridized carbons (Fsp3) is 0.308. The molecular weight excluding hydrogens is 258 g/mol. The molecule has 0 atom stereocenters. The van der Waals surface area contributed by atoms with Gasteiger partial charge in [-0.1, -0.05) is 0 Å². The molecule has 0 aliphatic carbocycles. The van der Waals surface area contributed by atoms with Gasteiger partial charge in [0.2, 0.25) is 0 Å². The van der Waals surface area contributed by atoms with E-state index < -0.39 is 5.97 Å². The molecule has 0 unspecified atom stereocenters. The van der Waals surface area contributed by atoms with Crippen LogP contribution in [0.1, 0.15) is 23.0 Å². The minimum Gasteiger partial charge on any atom is -0.462 e. The van der Waals surface area contributed by atoms with Crippen LogP contribution in [0.5, 0.6) is 0 Å². The Balaban J connectivity index is 2.16. The first-order valence-electron chi connectivity index (χ1n) is 6.25. The number of hydrogen-bond acceptors (Lipinski definition) is 6. The number of hydrogen-bond donors (Lipinski definition) is 2. The number of carbonyl (C=O) groups excluding carboxylic acids is 1. The molecule has 0 saturated heterocycles. The number of rotatable bonds is 5. The van der Waals surface area contributed by atoms with Crippen LogP contribution in [-0.2, 0) is 18.3 Å². The molecule has 7 nitrogen and oxygen atoms in total. The standard InChI is InChI=1S/C13H17N5O2/c1-3-20-13(19)11-6-9(14)7-15-12(11)16-8-10-4-5-18(2)17-10/h4-7H,3,8,14H2,1-2H3,(H,15,16). The summed E-state index contributed by atoms with van der Waals surface area (Å²) in [5.74, 6) is -0.0147. The number of carbonyl (C=O) groups is 1. The lowest BCUT2D eigenvalue weighted by Crippen LogP contribution is -2.12. The Bertz CT molecular complexity index is 609. The average Bonchev–Trinajstić information content (AvgIpc) is 2.83. The third-order valence-electron chi connectivity index (χ3n) is 2.61. The molecule has 0 aromatic carbocycles. The van der Waals surface area contributed by atoms with Gasteiger partial charge in [-0.15, -0.1) is 0 Å². The van der Waals surface area contributed by atoms with Gasteiger partial charge in [-0.3, -0.25) is 4.68 Å². The van der Waals surface area contributed by atoms with E-state index >= 15 is 0 Å². The highest BCUT2D eigenvalue weighted by molar-refractivity contribution is 5.95. The van der Waals surface area contributed by atoms with Crippen LogP contribution in [0.15, 0.2) is 24.5 Å². The molecule has 2 aromatic heterocycles. The van der Waals surface area contributed by atoms with Crippen LogP contribution in [0.25, 0.3) is 0 Å². The van der Waals surface area contributed by atoms with Crippen molar-refractivity contribution < 1.29 is 9.53 Å². The summed E-state index contributed by atoms with van der Waals surface area (Å²) >= 11 is 0. The second-order valence-electron chi connectivity index (χ2n) is 4.22. The van der Waals surface area contributed by atoms with E-state index in [-0.39, 0.29) is 0 Å². The van der Waals surface area contributed by atoms with Gasteiger partial charge in [-0.2, -0.15) is 5.10 Å². The fourth-order valence-electron chi connectivity index (χ4n) is 1.72. The Morgan fingerprint density at radius 3 is 3.00 bits per heavy atom. The normalized spacial score (nSPS) is 10.3. The van der Waals surface area contributed by atoms with Crippen LogP contribution in [0.3, 0.4) is 0 Å². The minimum atomic E-state index is -0.448. The first kappa shape index (κ1) is 13.9. The van der Waals surface area contributed by atoms with E-state index in [1.165, 1.54) is 6.20 Å². The van der Waals surface area contributed by atoms with Crippen LogP contribution in [-0.4, -0.2) is 27.3 Å². The molecule has 0 saturated carbocycles. The lowest BCUT2D eigenvalue weighted by atomic mass is 10.2. The van der Waals surface area contributed by atoms with Crippen molar-refractivity contribution in [2.75, 3.05) is 17.7 Å². The van der Waals surface area contributed by atoms with Gasteiger partial charge in [0, 0.05) is 13.2 Å². The SMILES string of the molecule is CCOC(=O)c1cc(N)cnc1NCc1ccn(C)n1. The molecule has 20 heavy (non-hydrogen) atoms. The second kappa shape index (κ2) is 6.05. The number of pyridine rings is 1. The first-order chi connectivity index (χ1) is 9.60. The maximum Gasteiger partial charge on any atom is 0.341 e. The first-order valence-corrected chi connectivity index (χ1v) is 6.25. The minimum absolute atomic E-state index is 0.299. The lowest BCUT2D eigenvalue weighted by Gasteiger charge is -2.10. The Morgan fingerprint density at radius 2 is 2.35 bits per heavy atom. The Hall–Kier alpha value is -2.57. The van der Waals surface area contributed by atoms with E-state index in [9.17, 15) is 4.79 Å². The maximum absolute atomic E-state index is 11.9.